The molecule has 0 spiro atoms. The van der Waals surface area contributed by atoms with Crippen molar-refractivity contribution in [1.29, 1.82) is 0 Å². The number of hydrogen-bond acceptors (Lipinski definition) is 6. The Kier molecular flexibility index (Phi) is 4.19. The minimum Gasteiger partial charge on any atom is -0.463 e. The fourth-order valence-electron chi connectivity index (χ4n) is 5.82. The lowest BCUT2D eigenvalue weighted by Gasteiger charge is -2.67. The van der Waals surface area contributed by atoms with E-state index in [0.717, 1.165) is 9.80 Å². The molecule has 2 aliphatic heterocycles. The first kappa shape index (κ1) is 21.5. The lowest BCUT2D eigenvalue weighted by molar-refractivity contribution is -0.243. The monoisotopic (exact) mass is 406 g/mol. The van der Waals surface area contributed by atoms with Crippen LogP contribution in [0.5, 0.6) is 0 Å². The number of amides is 4. The highest BCUT2D eigenvalue weighted by Gasteiger charge is 2.96. The highest BCUT2D eigenvalue weighted by Crippen LogP contribution is 2.83. The molecule has 0 radical (unpaired) electrons. The first-order chi connectivity index (χ1) is 13.1. The second kappa shape index (κ2) is 5.67. The minimum absolute atomic E-state index is 0.0985. The van der Waals surface area contributed by atoms with Crippen LogP contribution in [0.3, 0.4) is 0 Å². The lowest BCUT2D eigenvalue weighted by atomic mass is 9.27. The van der Waals surface area contributed by atoms with Gasteiger partial charge in [-0.1, -0.05) is 6.92 Å². The molecule has 0 N–H and O–H groups in total. The predicted octanol–water partition coefficient (Wildman–Crippen LogP) is 1.37. The van der Waals surface area contributed by atoms with Crippen LogP contribution < -0.4 is 0 Å². The van der Waals surface area contributed by atoms with Gasteiger partial charge in [0, 0.05) is 7.05 Å². The van der Waals surface area contributed by atoms with E-state index >= 15 is 0 Å². The van der Waals surface area contributed by atoms with Crippen molar-refractivity contribution in [2.24, 2.45) is 27.1 Å². The average molecular weight is 406 g/mol. The molecule has 1 saturated carbocycles. The first-order valence-corrected chi connectivity index (χ1v) is 9.98. The molecule has 8 heteroatoms. The molecule has 0 aromatic carbocycles. The zero-order valence-corrected chi connectivity index (χ0v) is 18.5. The summed E-state index contributed by atoms with van der Waals surface area (Å²) in [6.07, 6.45) is 0.595. The summed E-state index contributed by atoms with van der Waals surface area (Å²) in [7, 11) is 1.39. The van der Waals surface area contributed by atoms with Gasteiger partial charge in [-0.15, -0.1) is 0 Å². The Labute approximate surface area is 170 Å². The summed E-state index contributed by atoms with van der Waals surface area (Å²) in [5.74, 6) is -2.27. The second-order valence-corrected chi connectivity index (χ2v) is 9.80. The van der Waals surface area contributed by atoms with Gasteiger partial charge in [0.15, 0.2) is 0 Å². The molecule has 0 aromatic heterocycles. The van der Waals surface area contributed by atoms with Crippen molar-refractivity contribution in [2.45, 2.75) is 54.9 Å². The van der Waals surface area contributed by atoms with Gasteiger partial charge in [-0.25, -0.2) is 0 Å². The molecule has 4 amide bonds. The highest BCUT2D eigenvalue weighted by molar-refractivity contribution is 6.24. The Bertz CT molecular complexity index is 813. The third-order valence-electron chi connectivity index (χ3n) is 8.80. The number of carbonyl (C=O) groups is 5. The maximum Gasteiger partial charge on any atom is 0.311 e. The number of esters is 1. The molecule has 1 aliphatic carbocycles. The molecule has 4 unspecified atom stereocenters. The minimum atomic E-state index is -1.34. The Hall–Kier alpha value is -2.25. The van der Waals surface area contributed by atoms with Gasteiger partial charge in [-0.05, 0) is 48.0 Å². The van der Waals surface area contributed by atoms with E-state index in [0.29, 0.717) is 6.42 Å². The van der Waals surface area contributed by atoms with Crippen molar-refractivity contribution in [2.75, 3.05) is 20.2 Å². The molecule has 3 fully saturated rings. The predicted molar refractivity (Wildman–Crippen MR) is 102 cm³/mol. The quantitative estimate of drug-likeness (QED) is 0.505. The fourth-order valence-corrected chi connectivity index (χ4v) is 5.82. The van der Waals surface area contributed by atoms with Crippen LogP contribution in [0, 0.1) is 27.1 Å². The fraction of sp³-hybridized carbons (Fsp3) is 0.762. The first-order valence-electron chi connectivity index (χ1n) is 9.98. The van der Waals surface area contributed by atoms with Gasteiger partial charge in [0.2, 0.25) is 23.6 Å². The van der Waals surface area contributed by atoms with Crippen molar-refractivity contribution in [3.63, 3.8) is 0 Å². The molecule has 3 aliphatic rings. The van der Waals surface area contributed by atoms with Crippen molar-refractivity contribution in [3.05, 3.63) is 0 Å². The molecule has 2 saturated heterocycles. The van der Waals surface area contributed by atoms with Crippen LogP contribution in [-0.2, 0) is 28.7 Å². The van der Waals surface area contributed by atoms with Gasteiger partial charge >= 0.3 is 5.97 Å². The topological polar surface area (TPSA) is 101 Å². The van der Waals surface area contributed by atoms with E-state index in [2.05, 4.69) is 0 Å². The van der Waals surface area contributed by atoms with Crippen molar-refractivity contribution < 1.29 is 28.7 Å². The summed E-state index contributed by atoms with van der Waals surface area (Å²) < 4.78 is 5.29. The van der Waals surface area contributed by atoms with E-state index in [1.807, 2.05) is 6.92 Å². The maximum absolute atomic E-state index is 13.4. The van der Waals surface area contributed by atoms with Crippen LogP contribution in [0.1, 0.15) is 54.9 Å². The normalized spacial score (nSPS) is 38.9. The summed E-state index contributed by atoms with van der Waals surface area (Å²) in [6.45, 7) is 11.6. The van der Waals surface area contributed by atoms with Crippen LogP contribution in [0.15, 0.2) is 0 Å². The number of carbonyl (C=O) groups excluding carboxylic acids is 5. The Morgan fingerprint density at radius 3 is 1.62 bits per heavy atom. The summed E-state index contributed by atoms with van der Waals surface area (Å²) in [6, 6.07) is 0. The zero-order chi connectivity index (χ0) is 22.4. The van der Waals surface area contributed by atoms with E-state index in [1.165, 1.54) is 7.05 Å². The molecule has 2 heterocycles. The van der Waals surface area contributed by atoms with Gasteiger partial charge in [0.25, 0.3) is 0 Å². The summed E-state index contributed by atoms with van der Waals surface area (Å²) in [5.41, 5.74) is -5.94. The van der Waals surface area contributed by atoms with Gasteiger partial charge < -0.3 is 4.74 Å². The molecule has 160 valence electrons. The molecule has 0 aromatic rings. The number of fused-ring (bicyclic) bond motifs is 4. The van der Waals surface area contributed by atoms with E-state index in [9.17, 15) is 24.0 Å². The van der Waals surface area contributed by atoms with Crippen LogP contribution in [0.4, 0.5) is 0 Å². The van der Waals surface area contributed by atoms with Crippen LogP contribution in [0.2, 0.25) is 0 Å². The molecule has 8 nitrogen and oxygen atoms in total. The highest BCUT2D eigenvalue weighted by atomic mass is 16.5. The van der Waals surface area contributed by atoms with Crippen LogP contribution in [-0.4, -0.2) is 59.6 Å². The number of rotatable bonds is 5. The molecule has 4 atom stereocenters. The average Bonchev–Trinajstić information content (AvgIpc) is 2.90. The maximum atomic E-state index is 13.4. The second-order valence-electron chi connectivity index (χ2n) is 9.80. The number of imide groups is 2. The summed E-state index contributed by atoms with van der Waals surface area (Å²) >= 11 is 0. The molecule has 3 rings (SSSR count). The smallest absolute Gasteiger partial charge is 0.311 e. The SMILES string of the molecule is CCC(C)(C)C(=O)OCCN1C(=O)C2(C)C3(C)C(=O)N(C)C(=O)C3(C)C2(C)C1=O. The molecule has 29 heavy (non-hydrogen) atoms. The third-order valence-corrected chi connectivity index (χ3v) is 8.80. The van der Waals surface area contributed by atoms with E-state index in [1.54, 1.807) is 41.5 Å². The van der Waals surface area contributed by atoms with Gasteiger partial charge in [-0.3, -0.25) is 33.8 Å². The van der Waals surface area contributed by atoms with Crippen molar-refractivity contribution in [1.82, 2.24) is 9.80 Å². The van der Waals surface area contributed by atoms with Crippen molar-refractivity contribution in [3.8, 4) is 0 Å². The van der Waals surface area contributed by atoms with Gasteiger partial charge in [0.05, 0.1) is 33.6 Å². The van der Waals surface area contributed by atoms with Gasteiger partial charge in [0.1, 0.15) is 6.61 Å². The Balaban J connectivity index is 1.90. The van der Waals surface area contributed by atoms with Crippen LogP contribution >= 0.6 is 0 Å². The standard InChI is InChI=1S/C21H30N2O6/c1-9-17(2,3)16(28)29-11-10-23-14(26)20(6)18(4)12(24)22(8)13(25)19(18,5)21(20,7)15(23)27/h9-11H2,1-8H3. The summed E-state index contributed by atoms with van der Waals surface area (Å²) in [4.78, 5) is 66.9. The number of ether oxygens (including phenoxy) is 1. The van der Waals surface area contributed by atoms with E-state index in [-0.39, 0.29) is 13.2 Å². The summed E-state index contributed by atoms with van der Waals surface area (Å²) in [5, 5.41) is 0. The molecular weight excluding hydrogens is 376 g/mol. The zero-order valence-electron chi connectivity index (χ0n) is 18.5. The van der Waals surface area contributed by atoms with Crippen LogP contribution in [0.25, 0.3) is 0 Å². The van der Waals surface area contributed by atoms with E-state index in [4.69, 9.17) is 4.74 Å². The number of likely N-dealkylation sites (tertiary alicyclic amines) is 2. The molecular formula is C21H30N2O6. The van der Waals surface area contributed by atoms with Crippen molar-refractivity contribution >= 4 is 29.6 Å². The molecule has 0 bridgehead atoms. The Morgan fingerprint density at radius 2 is 1.24 bits per heavy atom. The Morgan fingerprint density at radius 1 is 0.862 bits per heavy atom. The van der Waals surface area contributed by atoms with Gasteiger partial charge in [-0.2, -0.15) is 0 Å². The third kappa shape index (κ3) is 1.84. The number of nitrogens with zero attached hydrogens (tertiary/aromatic N) is 2. The van der Waals surface area contributed by atoms with E-state index < -0.39 is 56.7 Å². The number of hydrogen-bond donors (Lipinski definition) is 0. The lowest BCUT2D eigenvalue weighted by Crippen LogP contribution is -2.77. The largest absolute Gasteiger partial charge is 0.463 e.